The van der Waals surface area contributed by atoms with Crippen LogP contribution in [0.1, 0.15) is 18.9 Å². The Kier molecular flexibility index (Phi) is 6.63. The molecule has 1 aromatic rings. The molecule has 2 rings (SSSR count). The Morgan fingerprint density at radius 1 is 1.47 bits per heavy atom. The summed E-state index contributed by atoms with van der Waals surface area (Å²) in [5, 5.41) is 0. The Balaban J connectivity index is 0.00000180. The quantitative estimate of drug-likeness (QED) is 0.903. The minimum atomic E-state index is 0. The Morgan fingerprint density at radius 3 is 2.89 bits per heavy atom. The van der Waals surface area contributed by atoms with Gasteiger partial charge in [0.2, 0.25) is 0 Å². The maximum atomic E-state index is 5.94. The van der Waals surface area contributed by atoms with Crippen molar-refractivity contribution in [3.63, 3.8) is 0 Å². The molecule has 1 aromatic carbocycles. The molecule has 0 saturated carbocycles. The van der Waals surface area contributed by atoms with Gasteiger partial charge in [-0.25, -0.2) is 0 Å². The number of nitrogens with zero attached hydrogens (tertiary/aromatic N) is 1. The lowest BCUT2D eigenvalue weighted by molar-refractivity contribution is 0.230. The van der Waals surface area contributed by atoms with Gasteiger partial charge in [-0.3, -0.25) is 4.90 Å². The van der Waals surface area contributed by atoms with Crippen molar-refractivity contribution in [2.45, 2.75) is 26.3 Å². The molecule has 4 heteroatoms. The van der Waals surface area contributed by atoms with Crippen molar-refractivity contribution in [3.05, 3.63) is 29.8 Å². The number of hydrogen-bond acceptors (Lipinski definition) is 3. The molecule has 1 aliphatic rings. The third-order valence-corrected chi connectivity index (χ3v) is 3.72. The van der Waals surface area contributed by atoms with Crippen LogP contribution in [0.4, 0.5) is 0 Å². The van der Waals surface area contributed by atoms with Crippen LogP contribution in [0.25, 0.3) is 0 Å². The number of aryl methyl sites for hydroxylation is 1. The minimum absolute atomic E-state index is 0. The molecule has 0 radical (unpaired) electrons. The molecule has 1 saturated heterocycles. The maximum Gasteiger partial charge on any atom is 0.119 e. The van der Waals surface area contributed by atoms with Gasteiger partial charge in [-0.15, -0.1) is 12.4 Å². The van der Waals surface area contributed by atoms with E-state index >= 15 is 0 Å². The van der Waals surface area contributed by atoms with Crippen molar-refractivity contribution in [2.75, 3.05) is 26.2 Å². The first-order valence-corrected chi connectivity index (χ1v) is 6.82. The van der Waals surface area contributed by atoms with Gasteiger partial charge in [0.05, 0.1) is 0 Å². The molecule has 0 aromatic heterocycles. The smallest absolute Gasteiger partial charge is 0.119 e. The summed E-state index contributed by atoms with van der Waals surface area (Å²) in [4.78, 5) is 2.45. The van der Waals surface area contributed by atoms with Crippen LogP contribution in [0.15, 0.2) is 24.3 Å². The van der Waals surface area contributed by atoms with Gasteiger partial charge in [-0.2, -0.15) is 0 Å². The Labute approximate surface area is 122 Å². The number of ether oxygens (including phenoxy) is 1. The van der Waals surface area contributed by atoms with Gasteiger partial charge in [0.1, 0.15) is 12.4 Å². The molecule has 0 spiro atoms. The molecule has 1 fully saturated rings. The topological polar surface area (TPSA) is 38.5 Å². The maximum absolute atomic E-state index is 5.94. The fourth-order valence-corrected chi connectivity index (χ4v) is 2.49. The standard InChI is InChI=1S/C15H24N2O.ClH/c1-12-4-3-5-15(10-12)18-9-8-17-7-6-14(11-17)13(2)16;/h3-5,10,13-14H,6-9,11,16H2,1-2H3;1H. The average molecular weight is 285 g/mol. The predicted molar refractivity (Wildman–Crippen MR) is 82.1 cm³/mol. The highest BCUT2D eigenvalue weighted by Crippen LogP contribution is 2.18. The van der Waals surface area contributed by atoms with Crippen LogP contribution in [0.5, 0.6) is 5.75 Å². The molecule has 108 valence electrons. The van der Waals surface area contributed by atoms with Crippen LogP contribution >= 0.6 is 12.4 Å². The molecule has 0 bridgehead atoms. The Bertz CT molecular complexity index is 384. The highest BCUT2D eigenvalue weighted by Gasteiger charge is 2.24. The van der Waals surface area contributed by atoms with E-state index in [0.717, 1.165) is 32.0 Å². The number of nitrogens with two attached hydrogens (primary N) is 1. The lowest BCUT2D eigenvalue weighted by Gasteiger charge is -2.18. The SMILES string of the molecule is Cc1cccc(OCCN2CCC(C(C)N)C2)c1.Cl. The van der Waals surface area contributed by atoms with Crippen molar-refractivity contribution in [1.29, 1.82) is 0 Å². The molecule has 19 heavy (non-hydrogen) atoms. The molecule has 2 atom stereocenters. The van der Waals surface area contributed by atoms with Gasteiger partial charge in [0.15, 0.2) is 0 Å². The highest BCUT2D eigenvalue weighted by atomic mass is 35.5. The third-order valence-electron chi connectivity index (χ3n) is 3.72. The largest absolute Gasteiger partial charge is 0.492 e. The van der Waals surface area contributed by atoms with Gasteiger partial charge < -0.3 is 10.5 Å². The first-order valence-electron chi connectivity index (χ1n) is 6.82. The zero-order valence-electron chi connectivity index (χ0n) is 11.8. The van der Waals surface area contributed by atoms with Crippen LogP contribution < -0.4 is 10.5 Å². The summed E-state index contributed by atoms with van der Waals surface area (Å²) in [5.41, 5.74) is 7.18. The summed E-state index contributed by atoms with van der Waals surface area (Å²) >= 11 is 0. The van der Waals surface area contributed by atoms with Crippen molar-refractivity contribution in [1.82, 2.24) is 4.90 Å². The van der Waals surface area contributed by atoms with E-state index in [1.807, 2.05) is 12.1 Å². The Hall–Kier alpha value is -0.770. The average Bonchev–Trinajstić information content (AvgIpc) is 2.78. The normalized spacial score (nSPS) is 20.9. The van der Waals surface area contributed by atoms with Crippen molar-refractivity contribution >= 4 is 12.4 Å². The summed E-state index contributed by atoms with van der Waals surface area (Å²) in [5.74, 6) is 1.63. The number of hydrogen-bond donors (Lipinski definition) is 1. The van der Waals surface area contributed by atoms with E-state index in [9.17, 15) is 0 Å². The molecule has 2 unspecified atom stereocenters. The first-order chi connectivity index (χ1) is 8.65. The van der Waals surface area contributed by atoms with E-state index in [2.05, 4.69) is 30.9 Å². The van der Waals surface area contributed by atoms with Crippen LogP contribution in [0, 0.1) is 12.8 Å². The fourth-order valence-electron chi connectivity index (χ4n) is 2.49. The van der Waals surface area contributed by atoms with E-state index in [0.29, 0.717) is 12.0 Å². The van der Waals surface area contributed by atoms with E-state index < -0.39 is 0 Å². The predicted octanol–water partition coefficient (Wildman–Crippen LogP) is 2.46. The number of rotatable bonds is 5. The van der Waals surface area contributed by atoms with Crippen LogP contribution in [-0.4, -0.2) is 37.2 Å². The van der Waals surface area contributed by atoms with Crippen LogP contribution in [-0.2, 0) is 0 Å². The van der Waals surface area contributed by atoms with Gasteiger partial charge >= 0.3 is 0 Å². The summed E-state index contributed by atoms with van der Waals surface area (Å²) in [7, 11) is 0. The number of halogens is 1. The Morgan fingerprint density at radius 2 is 2.26 bits per heavy atom. The van der Waals surface area contributed by atoms with E-state index in [1.165, 1.54) is 12.0 Å². The first kappa shape index (κ1) is 16.3. The van der Waals surface area contributed by atoms with Crippen molar-refractivity contribution in [2.24, 2.45) is 11.7 Å². The second kappa shape index (κ2) is 7.73. The van der Waals surface area contributed by atoms with Crippen LogP contribution in [0.3, 0.4) is 0 Å². The molecule has 0 aliphatic carbocycles. The monoisotopic (exact) mass is 284 g/mol. The summed E-state index contributed by atoms with van der Waals surface area (Å²) in [6.07, 6.45) is 1.22. The van der Waals surface area contributed by atoms with Crippen molar-refractivity contribution in [3.8, 4) is 5.75 Å². The molecule has 2 N–H and O–H groups in total. The van der Waals surface area contributed by atoms with E-state index in [-0.39, 0.29) is 12.4 Å². The molecular weight excluding hydrogens is 260 g/mol. The lowest BCUT2D eigenvalue weighted by atomic mass is 10.0. The minimum Gasteiger partial charge on any atom is -0.492 e. The molecule has 3 nitrogen and oxygen atoms in total. The highest BCUT2D eigenvalue weighted by molar-refractivity contribution is 5.85. The molecule has 0 amide bonds. The summed E-state index contributed by atoms with van der Waals surface area (Å²) in [6.45, 7) is 8.22. The lowest BCUT2D eigenvalue weighted by Crippen LogP contribution is -2.31. The zero-order chi connectivity index (χ0) is 13.0. The van der Waals surface area contributed by atoms with Gasteiger partial charge in [-0.1, -0.05) is 12.1 Å². The number of likely N-dealkylation sites (tertiary alicyclic amines) is 1. The van der Waals surface area contributed by atoms with Crippen molar-refractivity contribution < 1.29 is 4.74 Å². The third kappa shape index (κ3) is 5.01. The molecule has 1 aliphatic heterocycles. The summed E-state index contributed by atoms with van der Waals surface area (Å²) in [6, 6.07) is 8.52. The van der Waals surface area contributed by atoms with Gasteiger partial charge in [0, 0.05) is 19.1 Å². The molecular formula is C15H25ClN2O. The summed E-state index contributed by atoms with van der Waals surface area (Å²) < 4.78 is 5.77. The number of benzene rings is 1. The van der Waals surface area contributed by atoms with Crippen LogP contribution in [0.2, 0.25) is 0 Å². The molecule has 1 heterocycles. The zero-order valence-corrected chi connectivity index (χ0v) is 12.7. The van der Waals surface area contributed by atoms with E-state index in [4.69, 9.17) is 10.5 Å². The second-order valence-electron chi connectivity index (χ2n) is 5.37. The van der Waals surface area contributed by atoms with Gasteiger partial charge in [0.25, 0.3) is 0 Å². The van der Waals surface area contributed by atoms with E-state index in [1.54, 1.807) is 0 Å². The second-order valence-corrected chi connectivity index (χ2v) is 5.37. The van der Waals surface area contributed by atoms with Gasteiger partial charge in [-0.05, 0) is 50.4 Å². The fraction of sp³-hybridized carbons (Fsp3) is 0.600.